The first kappa shape index (κ1) is 15.7. The second-order valence-electron chi connectivity index (χ2n) is 5.50. The van der Waals surface area contributed by atoms with Gasteiger partial charge in [0, 0.05) is 25.2 Å². The molecule has 24 heavy (non-hydrogen) atoms. The number of ether oxygens (including phenoxy) is 1. The van der Waals surface area contributed by atoms with Crippen LogP contribution in [0.1, 0.15) is 28.5 Å². The molecule has 3 rings (SSSR count). The molecule has 1 aromatic carbocycles. The minimum atomic E-state index is -0.947. The van der Waals surface area contributed by atoms with E-state index in [1.807, 2.05) is 6.08 Å². The molecule has 0 bridgehead atoms. The molecule has 1 aliphatic carbocycles. The minimum absolute atomic E-state index is 0.126. The molecule has 2 aromatic rings. The van der Waals surface area contributed by atoms with E-state index in [1.54, 1.807) is 24.3 Å². The van der Waals surface area contributed by atoms with Crippen molar-refractivity contribution in [3.8, 4) is 5.75 Å². The molecule has 122 valence electrons. The van der Waals surface area contributed by atoms with Gasteiger partial charge < -0.3 is 15.2 Å². The number of nitrogens with zero attached hydrogens (tertiary/aromatic N) is 1. The number of nitrogens with one attached hydrogen (secondary N) is 1. The molecule has 1 aromatic heterocycles. The maximum Gasteiger partial charge on any atom is 0.336 e. The number of anilines is 1. The number of pyridine rings is 1. The van der Waals surface area contributed by atoms with Gasteiger partial charge in [0.25, 0.3) is 0 Å². The number of aromatic nitrogens is 1. The van der Waals surface area contributed by atoms with Crippen molar-refractivity contribution in [2.45, 2.75) is 13.3 Å². The number of carboxylic acids is 1. The minimum Gasteiger partial charge on any atom is -0.489 e. The Bertz CT molecular complexity index is 825. The smallest absolute Gasteiger partial charge is 0.336 e. The van der Waals surface area contributed by atoms with E-state index in [9.17, 15) is 14.7 Å². The normalized spacial score (nSPS) is 12.3. The lowest BCUT2D eigenvalue weighted by molar-refractivity contribution is -0.114. The maximum atomic E-state index is 11.2. The Morgan fingerprint density at radius 3 is 2.67 bits per heavy atom. The van der Waals surface area contributed by atoms with Gasteiger partial charge in [0.1, 0.15) is 12.4 Å². The zero-order chi connectivity index (χ0) is 17.1. The van der Waals surface area contributed by atoms with E-state index in [2.05, 4.69) is 10.3 Å². The van der Waals surface area contributed by atoms with Crippen LogP contribution in [0, 0.1) is 0 Å². The fourth-order valence-electron chi connectivity index (χ4n) is 2.60. The van der Waals surface area contributed by atoms with Gasteiger partial charge >= 0.3 is 5.97 Å². The van der Waals surface area contributed by atoms with Crippen LogP contribution in [0.15, 0.2) is 42.1 Å². The molecule has 1 heterocycles. The van der Waals surface area contributed by atoms with Crippen LogP contribution in [0.5, 0.6) is 5.75 Å². The van der Waals surface area contributed by atoms with Crippen molar-refractivity contribution in [2.75, 3.05) is 11.9 Å². The summed E-state index contributed by atoms with van der Waals surface area (Å²) in [5.74, 6) is -0.399. The van der Waals surface area contributed by atoms with Crippen LogP contribution in [0.3, 0.4) is 0 Å². The standard InChI is InChI=1S/C18H16N2O4/c1-11(21)20-13-2-4-14(5-3-13)24-10-12-8-16-15(18(22)23)6-7-19-17(16)9-12/h2-7,9H,8,10H2,1H3,(H,20,21)(H,22,23). The number of hydrogen-bond acceptors (Lipinski definition) is 4. The zero-order valence-electron chi connectivity index (χ0n) is 13.1. The first-order chi connectivity index (χ1) is 11.5. The summed E-state index contributed by atoms with van der Waals surface area (Å²) in [5.41, 5.74) is 3.37. The van der Waals surface area contributed by atoms with Crippen molar-refractivity contribution in [2.24, 2.45) is 0 Å². The summed E-state index contributed by atoms with van der Waals surface area (Å²) in [6, 6.07) is 8.58. The summed E-state index contributed by atoms with van der Waals surface area (Å²) < 4.78 is 5.73. The summed E-state index contributed by atoms with van der Waals surface area (Å²) >= 11 is 0. The molecule has 2 N–H and O–H groups in total. The lowest BCUT2D eigenvalue weighted by Gasteiger charge is -2.08. The molecular formula is C18H16N2O4. The lowest BCUT2D eigenvalue weighted by Crippen LogP contribution is -2.06. The highest BCUT2D eigenvalue weighted by molar-refractivity contribution is 5.91. The monoisotopic (exact) mass is 324 g/mol. The molecule has 1 amide bonds. The summed E-state index contributed by atoms with van der Waals surface area (Å²) in [6.07, 6.45) is 3.89. The van der Waals surface area contributed by atoms with Gasteiger partial charge in [0.05, 0.1) is 11.3 Å². The maximum absolute atomic E-state index is 11.2. The topological polar surface area (TPSA) is 88.5 Å². The van der Waals surface area contributed by atoms with Crippen molar-refractivity contribution in [1.82, 2.24) is 4.98 Å². The van der Waals surface area contributed by atoms with Gasteiger partial charge in [-0.25, -0.2) is 4.79 Å². The molecule has 0 saturated heterocycles. The fraction of sp³-hybridized carbons (Fsp3) is 0.167. The number of rotatable bonds is 5. The van der Waals surface area contributed by atoms with Crippen LogP contribution < -0.4 is 10.1 Å². The molecule has 6 nitrogen and oxygen atoms in total. The molecule has 0 atom stereocenters. The summed E-state index contributed by atoms with van der Waals surface area (Å²) in [5, 5.41) is 11.9. The van der Waals surface area contributed by atoms with E-state index >= 15 is 0 Å². The van der Waals surface area contributed by atoms with Gasteiger partial charge in [-0.2, -0.15) is 0 Å². The Balaban J connectivity index is 1.63. The highest BCUT2D eigenvalue weighted by Crippen LogP contribution is 2.27. The lowest BCUT2D eigenvalue weighted by atomic mass is 10.1. The van der Waals surface area contributed by atoms with Crippen LogP contribution in [0.4, 0.5) is 5.69 Å². The first-order valence-electron chi connectivity index (χ1n) is 7.44. The van der Waals surface area contributed by atoms with Crippen molar-refractivity contribution in [3.05, 3.63) is 58.9 Å². The van der Waals surface area contributed by atoms with Crippen LogP contribution in [0.2, 0.25) is 0 Å². The zero-order valence-corrected chi connectivity index (χ0v) is 13.1. The second-order valence-corrected chi connectivity index (χ2v) is 5.50. The van der Waals surface area contributed by atoms with Crippen molar-refractivity contribution in [3.63, 3.8) is 0 Å². The Kier molecular flexibility index (Phi) is 4.29. The molecule has 6 heteroatoms. The molecule has 0 aliphatic heterocycles. The third-order valence-electron chi connectivity index (χ3n) is 3.66. The highest BCUT2D eigenvalue weighted by Gasteiger charge is 2.20. The van der Waals surface area contributed by atoms with E-state index in [1.165, 1.54) is 19.2 Å². The molecule has 0 saturated carbocycles. The molecule has 0 fully saturated rings. The van der Waals surface area contributed by atoms with Crippen LogP contribution in [-0.2, 0) is 11.2 Å². The number of carbonyl (C=O) groups is 2. The van der Waals surface area contributed by atoms with Crippen molar-refractivity contribution >= 4 is 23.6 Å². The van der Waals surface area contributed by atoms with Gasteiger partial charge in [-0.1, -0.05) is 0 Å². The fourth-order valence-corrected chi connectivity index (χ4v) is 2.60. The van der Waals surface area contributed by atoms with E-state index < -0.39 is 5.97 Å². The van der Waals surface area contributed by atoms with E-state index in [0.717, 1.165) is 11.1 Å². The number of aromatic carboxylic acids is 1. The van der Waals surface area contributed by atoms with Crippen LogP contribution in [0.25, 0.3) is 6.08 Å². The third-order valence-corrected chi connectivity index (χ3v) is 3.66. The molecule has 0 spiro atoms. The predicted molar refractivity (Wildman–Crippen MR) is 89.1 cm³/mol. The SMILES string of the molecule is CC(=O)Nc1ccc(OCC2=Cc3nccc(C(=O)O)c3C2)cc1. The quantitative estimate of drug-likeness (QED) is 0.883. The Morgan fingerprint density at radius 2 is 2.00 bits per heavy atom. The molecule has 0 unspecified atom stereocenters. The van der Waals surface area contributed by atoms with E-state index in [0.29, 0.717) is 30.2 Å². The Hall–Kier alpha value is -3.15. The van der Waals surface area contributed by atoms with Crippen molar-refractivity contribution < 1.29 is 19.4 Å². The largest absolute Gasteiger partial charge is 0.489 e. The number of hydrogen-bond donors (Lipinski definition) is 2. The van der Waals surface area contributed by atoms with E-state index in [-0.39, 0.29) is 11.5 Å². The van der Waals surface area contributed by atoms with Crippen LogP contribution in [-0.4, -0.2) is 28.6 Å². The highest BCUT2D eigenvalue weighted by atomic mass is 16.5. The van der Waals surface area contributed by atoms with Gasteiger partial charge in [-0.15, -0.1) is 0 Å². The van der Waals surface area contributed by atoms with Gasteiger partial charge in [-0.05, 0) is 47.5 Å². The average Bonchev–Trinajstić information content (AvgIpc) is 2.96. The molecule has 0 radical (unpaired) electrons. The Labute approximate surface area is 138 Å². The number of carboxylic acid groups (broad SMARTS) is 1. The van der Waals surface area contributed by atoms with Crippen LogP contribution >= 0.6 is 0 Å². The van der Waals surface area contributed by atoms with E-state index in [4.69, 9.17) is 4.74 Å². The first-order valence-corrected chi connectivity index (χ1v) is 7.44. The molecule has 1 aliphatic rings. The number of amides is 1. The van der Waals surface area contributed by atoms with Crippen molar-refractivity contribution in [1.29, 1.82) is 0 Å². The van der Waals surface area contributed by atoms with Gasteiger partial charge in [0.2, 0.25) is 5.91 Å². The third kappa shape index (κ3) is 3.43. The number of benzene rings is 1. The average molecular weight is 324 g/mol. The Morgan fingerprint density at radius 1 is 1.25 bits per heavy atom. The number of carbonyl (C=O) groups excluding carboxylic acids is 1. The predicted octanol–water partition coefficient (Wildman–Crippen LogP) is 2.76. The summed E-state index contributed by atoms with van der Waals surface area (Å²) in [6.45, 7) is 1.81. The van der Waals surface area contributed by atoms with Gasteiger partial charge in [-0.3, -0.25) is 9.78 Å². The number of fused-ring (bicyclic) bond motifs is 1. The second kappa shape index (κ2) is 6.54. The van der Waals surface area contributed by atoms with Gasteiger partial charge in [0.15, 0.2) is 0 Å². The molecular weight excluding hydrogens is 308 g/mol. The summed E-state index contributed by atoms with van der Waals surface area (Å²) in [7, 11) is 0. The summed E-state index contributed by atoms with van der Waals surface area (Å²) in [4.78, 5) is 26.4.